The Hall–Kier alpha value is -0.160. The van der Waals surface area contributed by atoms with Crippen molar-refractivity contribution in [1.29, 1.82) is 0 Å². The van der Waals surface area contributed by atoms with Gasteiger partial charge in [0.25, 0.3) is 0 Å². The lowest BCUT2D eigenvalue weighted by molar-refractivity contribution is -0.170. The zero-order valence-corrected chi connectivity index (χ0v) is 9.82. The van der Waals surface area contributed by atoms with Crippen LogP contribution in [0.4, 0.5) is 0 Å². The third-order valence-electron chi connectivity index (χ3n) is 2.81. The Morgan fingerprint density at radius 2 is 2.27 bits per heavy atom. The Labute approximate surface area is 92.2 Å². The molecule has 2 atom stereocenters. The lowest BCUT2D eigenvalue weighted by Gasteiger charge is -2.28. The zero-order chi connectivity index (χ0) is 11.1. The summed E-state index contributed by atoms with van der Waals surface area (Å²) in [6.07, 6.45) is 4.06. The maximum Gasteiger partial charge on any atom is 0.157 e. The monoisotopic (exact) mass is 217 g/mol. The van der Waals surface area contributed by atoms with Gasteiger partial charge in [0.05, 0.1) is 6.61 Å². The van der Waals surface area contributed by atoms with E-state index in [0.29, 0.717) is 6.61 Å². The summed E-state index contributed by atoms with van der Waals surface area (Å²) in [5, 5.41) is 8.91. The van der Waals surface area contributed by atoms with Crippen molar-refractivity contribution in [2.45, 2.75) is 38.0 Å². The lowest BCUT2D eigenvalue weighted by Crippen LogP contribution is -2.36. The zero-order valence-electron chi connectivity index (χ0n) is 9.82. The Morgan fingerprint density at radius 3 is 2.80 bits per heavy atom. The summed E-state index contributed by atoms with van der Waals surface area (Å²) in [6, 6.07) is 0.278. The van der Waals surface area contributed by atoms with E-state index in [1.54, 1.807) is 0 Å². The van der Waals surface area contributed by atoms with Gasteiger partial charge in [-0.2, -0.15) is 0 Å². The normalized spacial score (nSPS) is 24.4. The van der Waals surface area contributed by atoms with Crippen LogP contribution < -0.4 is 0 Å². The first-order valence-corrected chi connectivity index (χ1v) is 5.74. The number of nitrogens with zero attached hydrogens (tertiary/aromatic N) is 1. The van der Waals surface area contributed by atoms with Crippen LogP contribution in [0.1, 0.15) is 25.7 Å². The first kappa shape index (κ1) is 12.9. The quantitative estimate of drug-likeness (QED) is 0.716. The highest BCUT2D eigenvalue weighted by Crippen LogP contribution is 2.14. The topological polar surface area (TPSA) is 41.9 Å². The lowest BCUT2D eigenvalue weighted by atomic mass is 10.2. The van der Waals surface area contributed by atoms with Gasteiger partial charge >= 0.3 is 0 Å². The summed E-state index contributed by atoms with van der Waals surface area (Å²) in [5.74, 6) is 0. The summed E-state index contributed by atoms with van der Waals surface area (Å²) in [4.78, 5) is 2.08. The maximum absolute atomic E-state index is 8.91. The summed E-state index contributed by atoms with van der Waals surface area (Å²) in [7, 11) is 4.01. The summed E-state index contributed by atoms with van der Waals surface area (Å²) >= 11 is 0. The van der Waals surface area contributed by atoms with E-state index in [-0.39, 0.29) is 18.9 Å². The van der Waals surface area contributed by atoms with Gasteiger partial charge in [-0.1, -0.05) is 0 Å². The molecule has 4 heteroatoms. The van der Waals surface area contributed by atoms with Gasteiger partial charge in [0.1, 0.15) is 0 Å². The van der Waals surface area contributed by atoms with E-state index in [1.807, 2.05) is 14.1 Å². The molecule has 1 aliphatic rings. The van der Waals surface area contributed by atoms with Gasteiger partial charge in [0.15, 0.2) is 6.29 Å². The molecule has 1 N–H and O–H groups in total. The average Bonchev–Trinajstić information content (AvgIpc) is 2.25. The van der Waals surface area contributed by atoms with Gasteiger partial charge in [-0.05, 0) is 39.8 Å². The number of likely N-dealkylation sites (N-methyl/N-ethyl adjacent to an activating group) is 1. The molecule has 0 spiro atoms. The van der Waals surface area contributed by atoms with Crippen LogP contribution in [0.3, 0.4) is 0 Å². The van der Waals surface area contributed by atoms with Gasteiger partial charge in [-0.3, -0.25) is 0 Å². The van der Waals surface area contributed by atoms with E-state index >= 15 is 0 Å². The smallest absolute Gasteiger partial charge is 0.157 e. The van der Waals surface area contributed by atoms with Gasteiger partial charge in [0, 0.05) is 19.3 Å². The predicted octanol–water partition coefficient (Wildman–Crippen LogP) is 0.842. The fraction of sp³-hybridized carbons (Fsp3) is 1.00. The molecule has 15 heavy (non-hydrogen) atoms. The van der Waals surface area contributed by atoms with Crippen molar-refractivity contribution >= 4 is 0 Å². The standard InChI is InChI=1S/C11H23NO3/c1-12(2)10(6-7-13)9-15-11-5-3-4-8-14-11/h10-11,13H,3-9H2,1-2H3. The predicted molar refractivity (Wildman–Crippen MR) is 58.7 cm³/mol. The van der Waals surface area contributed by atoms with Gasteiger partial charge < -0.3 is 19.5 Å². The molecule has 1 saturated heterocycles. The van der Waals surface area contributed by atoms with E-state index in [4.69, 9.17) is 14.6 Å². The molecular weight excluding hydrogens is 194 g/mol. The second kappa shape index (κ2) is 7.17. The maximum atomic E-state index is 8.91. The van der Waals surface area contributed by atoms with Crippen LogP contribution in [0.2, 0.25) is 0 Å². The second-order valence-electron chi connectivity index (χ2n) is 4.26. The Balaban J connectivity index is 2.19. The number of hydrogen-bond acceptors (Lipinski definition) is 4. The first-order chi connectivity index (χ1) is 7.24. The van der Waals surface area contributed by atoms with Crippen molar-refractivity contribution in [2.75, 3.05) is 33.9 Å². The average molecular weight is 217 g/mol. The molecule has 0 aliphatic carbocycles. The van der Waals surface area contributed by atoms with Crippen LogP contribution in [0, 0.1) is 0 Å². The molecule has 1 fully saturated rings. The molecule has 0 aromatic carbocycles. The minimum atomic E-state index is -0.0279. The molecule has 1 heterocycles. The molecule has 0 radical (unpaired) electrons. The molecular formula is C11H23NO3. The second-order valence-corrected chi connectivity index (χ2v) is 4.26. The molecule has 0 amide bonds. The minimum Gasteiger partial charge on any atom is -0.396 e. The van der Waals surface area contributed by atoms with E-state index in [1.165, 1.54) is 6.42 Å². The fourth-order valence-electron chi connectivity index (χ4n) is 1.70. The molecule has 4 nitrogen and oxygen atoms in total. The first-order valence-electron chi connectivity index (χ1n) is 5.74. The van der Waals surface area contributed by atoms with Gasteiger partial charge in [-0.25, -0.2) is 0 Å². The number of hydrogen-bond donors (Lipinski definition) is 1. The highest BCUT2D eigenvalue weighted by Gasteiger charge is 2.17. The molecule has 1 aliphatic heterocycles. The van der Waals surface area contributed by atoms with Crippen molar-refractivity contribution in [3.05, 3.63) is 0 Å². The minimum absolute atomic E-state index is 0.0279. The summed E-state index contributed by atoms with van der Waals surface area (Å²) in [6.45, 7) is 1.66. The van der Waals surface area contributed by atoms with E-state index in [0.717, 1.165) is 25.9 Å². The van der Waals surface area contributed by atoms with Gasteiger partial charge in [-0.15, -0.1) is 0 Å². The van der Waals surface area contributed by atoms with Crippen LogP contribution in [0.25, 0.3) is 0 Å². The van der Waals surface area contributed by atoms with Crippen molar-refractivity contribution in [2.24, 2.45) is 0 Å². The van der Waals surface area contributed by atoms with Crippen molar-refractivity contribution < 1.29 is 14.6 Å². The third-order valence-corrected chi connectivity index (χ3v) is 2.81. The Morgan fingerprint density at radius 1 is 1.47 bits per heavy atom. The highest BCUT2D eigenvalue weighted by molar-refractivity contribution is 4.65. The van der Waals surface area contributed by atoms with Crippen molar-refractivity contribution in [3.8, 4) is 0 Å². The van der Waals surface area contributed by atoms with Crippen LogP contribution >= 0.6 is 0 Å². The Kier molecular flexibility index (Phi) is 6.17. The van der Waals surface area contributed by atoms with Crippen LogP contribution in [-0.2, 0) is 9.47 Å². The number of rotatable bonds is 6. The number of aliphatic hydroxyl groups excluding tert-OH is 1. The Bertz CT molecular complexity index is 158. The van der Waals surface area contributed by atoms with Crippen LogP contribution in [-0.4, -0.2) is 56.3 Å². The molecule has 1 rings (SSSR count). The molecule has 0 aromatic heterocycles. The summed E-state index contributed by atoms with van der Waals surface area (Å²) in [5.41, 5.74) is 0. The molecule has 2 unspecified atom stereocenters. The number of ether oxygens (including phenoxy) is 2. The number of aliphatic hydroxyl groups is 1. The highest BCUT2D eigenvalue weighted by atomic mass is 16.7. The molecule has 0 saturated carbocycles. The van der Waals surface area contributed by atoms with E-state index < -0.39 is 0 Å². The third kappa shape index (κ3) is 4.93. The SMILES string of the molecule is CN(C)C(CCO)COC1CCCCO1. The fourth-order valence-corrected chi connectivity index (χ4v) is 1.70. The largest absolute Gasteiger partial charge is 0.396 e. The van der Waals surface area contributed by atoms with Crippen LogP contribution in [0.5, 0.6) is 0 Å². The van der Waals surface area contributed by atoms with Crippen molar-refractivity contribution in [1.82, 2.24) is 4.90 Å². The van der Waals surface area contributed by atoms with Gasteiger partial charge in [0.2, 0.25) is 0 Å². The molecule has 0 bridgehead atoms. The summed E-state index contributed by atoms with van der Waals surface area (Å²) < 4.78 is 11.2. The molecule has 90 valence electrons. The van der Waals surface area contributed by atoms with Crippen LogP contribution in [0.15, 0.2) is 0 Å². The van der Waals surface area contributed by atoms with E-state index in [9.17, 15) is 0 Å². The molecule has 0 aromatic rings. The van der Waals surface area contributed by atoms with Crippen molar-refractivity contribution in [3.63, 3.8) is 0 Å². The van der Waals surface area contributed by atoms with E-state index in [2.05, 4.69) is 4.90 Å².